The maximum Gasteiger partial charge on any atom is 0.164 e. The van der Waals surface area contributed by atoms with Crippen LogP contribution in [0.1, 0.15) is 0 Å². The van der Waals surface area contributed by atoms with Crippen LogP contribution in [-0.4, -0.2) is 19.5 Å². The molecule has 0 aliphatic carbocycles. The van der Waals surface area contributed by atoms with E-state index in [9.17, 15) is 0 Å². The van der Waals surface area contributed by atoms with Gasteiger partial charge in [0.15, 0.2) is 17.5 Å². The van der Waals surface area contributed by atoms with E-state index in [4.69, 9.17) is 15.0 Å². The molecule has 0 unspecified atom stereocenters. The molecule has 0 atom stereocenters. The van der Waals surface area contributed by atoms with Crippen molar-refractivity contribution in [1.82, 2.24) is 19.5 Å². The summed E-state index contributed by atoms with van der Waals surface area (Å²) in [5, 5.41) is 2.52. The Bertz CT molecular complexity index is 2460. The Morgan fingerprint density at radius 3 is 1.63 bits per heavy atom. The molecule has 0 saturated carbocycles. The van der Waals surface area contributed by atoms with E-state index >= 15 is 0 Å². The highest BCUT2D eigenvalue weighted by Gasteiger charge is 2.21. The summed E-state index contributed by atoms with van der Waals surface area (Å²) in [6, 6.07) is 54.9. The van der Waals surface area contributed by atoms with Crippen molar-refractivity contribution in [3.05, 3.63) is 158 Å². The minimum absolute atomic E-state index is 0.646. The smallest absolute Gasteiger partial charge is 0.164 e. The third-order valence-electron chi connectivity index (χ3n) is 8.44. The molecule has 9 rings (SSSR count). The fraction of sp³-hybridized carbons (Fsp3) is 0. The van der Waals surface area contributed by atoms with Gasteiger partial charge in [-0.15, -0.1) is 11.3 Å². The number of benzene rings is 6. The molecule has 3 aromatic heterocycles. The molecule has 4 nitrogen and oxygen atoms in total. The summed E-state index contributed by atoms with van der Waals surface area (Å²) >= 11 is 1.86. The van der Waals surface area contributed by atoms with Crippen molar-refractivity contribution in [3.63, 3.8) is 0 Å². The molecule has 6 aromatic carbocycles. The van der Waals surface area contributed by atoms with Crippen LogP contribution in [0.15, 0.2) is 158 Å². The molecular formula is C41H26N4S. The molecule has 0 aliphatic rings. The van der Waals surface area contributed by atoms with Crippen LogP contribution < -0.4 is 0 Å². The van der Waals surface area contributed by atoms with Crippen molar-refractivity contribution in [3.8, 4) is 51.0 Å². The second kappa shape index (κ2) is 10.9. The summed E-state index contributed by atoms with van der Waals surface area (Å²) in [4.78, 5) is 14.9. The van der Waals surface area contributed by atoms with E-state index < -0.39 is 0 Å². The SMILES string of the molecule is c1ccc(-c2nc(-c3ccccc3)nc(-c3cccc(-c4cccc5c6sc7ccccc7c6n(-c6ccccc6)c45)c3)n2)cc1. The first-order chi connectivity index (χ1) is 22.8. The standard InChI is InChI=1S/C41H26N4S/c1-4-14-27(15-5-1)39-42-40(28-16-6-2-7-17-28)44-41(43-39)30-19-12-18-29(26-30)32-23-13-24-34-36(32)45(31-20-8-3-9-21-31)37-33-22-10-11-25-35(33)46-38(34)37/h1-26H. The van der Waals surface area contributed by atoms with Gasteiger partial charge in [-0.25, -0.2) is 15.0 Å². The van der Waals surface area contributed by atoms with Crippen LogP contribution in [0.5, 0.6) is 0 Å². The zero-order valence-electron chi connectivity index (χ0n) is 24.7. The number of nitrogens with zero attached hydrogens (tertiary/aromatic N) is 4. The molecule has 0 spiro atoms. The number of aromatic nitrogens is 4. The number of hydrogen-bond donors (Lipinski definition) is 0. The molecule has 0 bridgehead atoms. The summed E-state index contributed by atoms with van der Waals surface area (Å²) in [5.41, 5.74) is 8.72. The summed E-state index contributed by atoms with van der Waals surface area (Å²) in [6.45, 7) is 0. The highest BCUT2D eigenvalue weighted by molar-refractivity contribution is 7.26. The Hall–Kier alpha value is -5.91. The average Bonchev–Trinajstić information content (AvgIpc) is 3.67. The van der Waals surface area contributed by atoms with Gasteiger partial charge in [0.2, 0.25) is 0 Å². The first-order valence-electron chi connectivity index (χ1n) is 15.3. The lowest BCUT2D eigenvalue weighted by molar-refractivity contribution is 1.07. The van der Waals surface area contributed by atoms with E-state index in [-0.39, 0.29) is 0 Å². The zero-order valence-corrected chi connectivity index (χ0v) is 25.5. The molecule has 0 radical (unpaired) electrons. The molecule has 3 heterocycles. The maximum atomic E-state index is 5.00. The molecule has 5 heteroatoms. The number of hydrogen-bond acceptors (Lipinski definition) is 4. The van der Waals surface area contributed by atoms with Gasteiger partial charge in [0.1, 0.15) is 0 Å². The van der Waals surface area contributed by atoms with Gasteiger partial charge in [-0.2, -0.15) is 0 Å². The minimum Gasteiger partial charge on any atom is -0.307 e. The monoisotopic (exact) mass is 606 g/mol. The molecule has 0 N–H and O–H groups in total. The molecule has 46 heavy (non-hydrogen) atoms. The first kappa shape index (κ1) is 26.5. The normalized spacial score (nSPS) is 11.5. The van der Waals surface area contributed by atoms with E-state index in [0.717, 1.165) is 33.5 Å². The van der Waals surface area contributed by atoms with Gasteiger partial charge < -0.3 is 4.57 Å². The van der Waals surface area contributed by atoms with Crippen LogP contribution in [0.25, 0.3) is 82.2 Å². The highest BCUT2D eigenvalue weighted by atomic mass is 32.1. The van der Waals surface area contributed by atoms with Crippen LogP contribution in [0, 0.1) is 0 Å². The quantitative estimate of drug-likeness (QED) is 0.196. The van der Waals surface area contributed by atoms with E-state index in [1.165, 1.54) is 31.2 Å². The van der Waals surface area contributed by atoms with Gasteiger partial charge >= 0.3 is 0 Å². The van der Waals surface area contributed by atoms with Gasteiger partial charge in [-0.05, 0) is 29.8 Å². The third-order valence-corrected chi connectivity index (χ3v) is 9.64. The van der Waals surface area contributed by atoms with Crippen molar-refractivity contribution >= 4 is 42.5 Å². The Morgan fingerprint density at radius 1 is 0.413 bits per heavy atom. The lowest BCUT2D eigenvalue weighted by atomic mass is 10.0. The largest absolute Gasteiger partial charge is 0.307 e. The lowest BCUT2D eigenvalue weighted by Gasteiger charge is -2.13. The molecule has 216 valence electrons. The van der Waals surface area contributed by atoms with Crippen LogP contribution in [-0.2, 0) is 0 Å². The summed E-state index contributed by atoms with van der Waals surface area (Å²) in [7, 11) is 0. The number of fused-ring (bicyclic) bond motifs is 5. The minimum atomic E-state index is 0.646. The second-order valence-electron chi connectivity index (χ2n) is 11.3. The van der Waals surface area contributed by atoms with Crippen molar-refractivity contribution in [2.24, 2.45) is 0 Å². The van der Waals surface area contributed by atoms with E-state index in [1.807, 2.05) is 72.0 Å². The first-order valence-corrected chi connectivity index (χ1v) is 16.1. The Kier molecular flexibility index (Phi) is 6.28. The maximum absolute atomic E-state index is 5.00. The predicted molar refractivity (Wildman–Crippen MR) is 191 cm³/mol. The Balaban J connectivity index is 1.28. The summed E-state index contributed by atoms with van der Waals surface area (Å²) < 4.78 is 5.04. The van der Waals surface area contributed by atoms with Crippen molar-refractivity contribution in [2.75, 3.05) is 0 Å². The van der Waals surface area contributed by atoms with E-state index in [0.29, 0.717) is 17.5 Å². The van der Waals surface area contributed by atoms with Gasteiger partial charge in [-0.3, -0.25) is 0 Å². The van der Waals surface area contributed by atoms with Crippen molar-refractivity contribution in [2.45, 2.75) is 0 Å². The van der Waals surface area contributed by atoms with Crippen molar-refractivity contribution in [1.29, 1.82) is 0 Å². The highest BCUT2D eigenvalue weighted by Crippen LogP contribution is 2.45. The molecule has 0 amide bonds. The molecule has 9 aromatic rings. The van der Waals surface area contributed by atoms with Gasteiger partial charge in [0, 0.05) is 43.4 Å². The number of rotatable bonds is 5. The lowest BCUT2D eigenvalue weighted by Crippen LogP contribution is -2.00. The van der Waals surface area contributed by atoms with Crippen LogP contribution in [0.2, 0.25) is 0 Å². The number of para-hydroxylation sites is 2. The fourth-order valence-corrected chi connectivity index (χ4v) is 7.56. The van der Waals surface area contributed by atoms with Crippen LogP contribution in [0.4, 0.5) is 0 Å². The van der Waals surface area contributed by atoms with Crippen LogP contribution in [0.3, 0.4) is 0 Å². The topological polar surface area (TPSA) is 43.6 Å². The molecule has 0 saturated heterocycles. The molecular weight excluding hydrogens is 581 g/mol. The van der Waals surface area contributed by atoms with E-state index in [1.54, 1.807) is 0 Å². The molecule has 0 aliphatic heterocycles. The average molecular weight is 607 g/mol. The van der Waals surface area contributed by atoms with Gasteiger partial charge in [0.25, 0.3) is 0 Å². The Labute approximate surface area is 269 Å². The van der Waals surface area contributed by atoms with Gasteiger partial charge in [0.05, 0.1) is 15.7 Å². The third kappa shape index (κ3) is 4.40. The van der Waals surface area contributed by atoms with Gasteiger partial charge in [-0.1, -0.05) is 133 Å². The zero-order chi connectivity index (χ0) is 30.5. The van der Waals surface area contributed by atoms with Crippen molar-refractivity contribution < 1.29 is 0 Å². The predicted octanol–water partition coefficient (Wildman–Crippen LogP) is 10.9. The van der Waals surface area contributed by atoms with E-state index in [2.05, 4.69) is 102 Å². The summed E-state index contributed by atoms with van der Waals surface area (Å²) in [5.74, 6) is 1.95. The summed E-state index contributed by atoms with van der Waals surface area (Å²) in [6.07, 6.45) is 0. The number of thiophene rings is 1. The second-order valence-corrected chi connectivity index (χ2v) is 12.3. The fourth-order valence-electron chi connectivity index (χ4n) is 6.35. The molecule has 0 fully saturated rings. The Morgan fingerprint density at radius 2 is 0.935 bits per heavy atom. The van der Waals surface area contributed by atoms with Crippen LogP contribution >= 0.6 is 11.3 Å².